The van der Waals surface area contributed by atoms with Crippen molar-refractivity contribution in [1.82, 2.24) is 9.55 Å². The minimum Gasteiger partial charge on any atom is -0.292 e. The van der Waals surface area contributed by atoms with Crippen LogP contribution in [0.4, 0.5) is 0 Å². The maximum absolute atomic E-state index is 5.07. The molecule has 0 atom stereocenters. The highest BCUT2D eigenvalue weighted by atomic mass is 15.1. The van der Waals surface area contributed by atoms with E-state index < -0.39 is 0 Å². The number of fused-ring (bicyclic) bond motifs is 7. The van der Waals surface area contributed by atoms with Crippen LogP contribution in [0.5, 0.6) is 0 Å². The SMILES string of the molecule is c1ccc(-c2nc3ccccc3n2-c2ccc(-c3ccc(-c4cc5cccc6c7ccccc7c7ccccc7c7cccc4c7c56)c4ccccc34)cc2)cc1. The summed E-state index contributed by atoms with van der Waals surface area (Å²) >= 11 is 0. The van der Waals surface area contributed by atoms with Crippen LogP contribution in [0.1, 0.15) is 0 Å². The van der Waals surface area contributed by atoms with Crippen LogP contribution in [0.15, 0.2) is 206 Å². The topological polar surface area (TPSA) is 17.8 Å². The van der Waals surface area contributed by atoms with E-state index in [2.05, 4.69) is 211 Å². The van der Waals surface area contributed by atoms with Gasteiger partial charge in [0, 0.05) is 11.3 Å². The molecule has 0 aliphatic carbocycles. The number of rotatable bonds is 4. The molecule has 264 valence electrons. The van der Waals surface area contributed by atoms with Gasteiger partial charge >= 0.3 is 0 Å². The minimum atomic E-state index is 0.941. The van der Waals surface area contributed by atoms with Crippen molar-refractivity contribution in [1.29, 1.82) is 0 Å². The van der Waals surface area contributed by atoms with Crippen LogP contribution in [0.2, 0.25) is 0 Å². The number of nitrogens with zero attached hydrogens (tertiary/aromatic N) is 2. The van der Waals surface area contributed by atoms with Crippen molar-refractivity contribution < 1.29 is 0 Å². The third-order valence-corrected chi connectivity index (χ3v) is 12.0. The minimum absolute atomic E-state index is 0.941. The highest BCUT2D eigenvalue weighted by molar-refractivity contribution is 6.34. The lowest BCUT2D eigenvalue weighted by atomic mass is 9.85. The molecule has 0 radical (unpaired) electrons. The molecule has 0 saturated heterocycles. The second-order valence-electron chi connectivity index (χ2n) is 15.0. The maximum Gasteiger partial charge on any atom is 0.145 e. The van der Waals surface area contributed by atoms with Crippen molar-refractivity contribution in [3.05, 3.63) is 206 Å². The first-order valence-electron chi connectivity index (χ1n) is 19.6. The number of hydrogen-bond acceptors (Lipinski definition) is 1. The summed E-state index contributed by atoms with van der Waals surface area (Å²) in [5.74, 6) is 0.941. The van der Waals surface area contributed by atoms with Gasteiger partial charge in [-0.15, -0.1) is 0 Å². The fourth-order valence-electron chi connectivity index (χ4n) is 9.47. The molecule has 1 heterocycles. The summed E-state index contributed by atoms with van der Waals surface area (Å²) in [7, 11) is 0. The fourth-order valence-corrected chi connectivity index (χ4v) is 9.47. The Morgan fingerprint density at radius 2 is 0.842 bits per heavy atom. The summed E-state index contributed by atoms with van der Waals surface area (Å²) in [6, 6.07) is 75.3. The number of benzene rings is 10. The molecule has 0 fully saturated rings. The summed E-state index contributed by atoms with van der Waals surface area (Å²) in [6.07, 6.45) is 0. The lowest BCUT2D eigenvalue weighted by molar-refractivity contribution is 1.10. The van der Waals surface area contributed by atoms with Gasteiger partial charge in [-0.3, -0.25) is 4.57 Å². The van der Waals surface area contributed by atoms with Gasteiger partial charge in [-0.25, -0.2) is 4.98 Å². The number of para-hydroxylation sites is 2. The van der Waals surface area contributed by atoms with E-state index in [1.165, 1.54) is 86.9 Å². The van der Waals surface area contributed by atoms with E-state index in [9.17, 15) is 0 Å². The number of hydrogen-bond donors (Lipinski definition) is 0. The van der Waals surface area contributed by atoms with E-state index >= 15 is 0 Å². The molecule has 0 saturated carbocycles. The van der Waals surface area contributed by atoms with Gasteiger partial charge in [-0.05, 0) is 117 Å². The third-order valence-electron chi connectivity index (χ3n) is 12.0. The maximum atomic E-state index is 5.07. The predicted molar refractivity (Wildman–Crippen MR) is 242 cm³/mol. The van der Waals surface area contributed by atoms with Gasteiger partial charge in [0.15, 0.2) is 0 Å². The van der Waals surface area contributed by atoms with Crippen LogP contribution in [0, 0.1) is 0 Å². The molecule has 12 aromatic rings. The van der Waals surface area contributed by atoms with Crippen molar-refractivity contribution in [2.45, 2.75) is 0 Å². The summed E-state index contributed by atoms with van der Waals surface area (Å²) in [5.41, 5.74) is 9.14. The Bertz CT molecular complexity index is 3560. The monoisotopic (exact) mass is 722 g/mol. The van der Waals surface area contributed by atoms with Crippen LogP contribution in [0.3, 0.4) is 0 Å². The average molecular weight is 723 g/mol. The van der Waals surface area contributed by atoms with E-state index in [4.69, 9.17) is 4.98 Å². The Kier molecular flexibility index (Phi) is 6.96. The highest BCUT2D eigenvalue weighted by Gasteiger charge is 2.19. The molecular formula is C55H34N2. The molecule has 12 rings (SSSR count). The van der Waals surface area contributed by atoms with E-state index in [-0.39, 0.29) is 0 Å². The van der Waals surface area contributed by atoms with Crippen molar-refractivity contribution in [3.63, 3.8) is 0 Å². The molecule has 2 heteroatoms. The van der Waals surface area contributed by atoms with Crippen LogP contribution in [0.25, 0.3) is 115 Å². The zero-order chi connectivity index (χ0) is 37.5. The van der Waals surface area contributed by atoms with Crippen LogP contribution in [-0.2, 0) is 0 Å². The highest BCUT2D eigenvalue weighted by Crippen LogP contribution is 2.46. The predicted octanol–water partition coefficient (Wildman–Crippen LogP) is 14.9. The molecule has 1 aromatic heterocycles. The van der Waals surface area contributed by atoms with Gasteiger partial charge in [0.25, 0.3) is 0 Å². The standard InChI is InChI=1S/C55H34N2/c1-2-14-36(15-3-1)55-56-51-26-10-11-27-52(51)57(55)38-30-28-35(29-31-38)39-32-33-46(41-18-5-4-17-40(39)41)50-34-37-16-12-23-47-44-21-8-6-19-42(44)43-20-7-9-22-45(43)48-24-13-25-49(50)54(48)53(37)47/h1-34H. The number of aromatic nitrogens is 2. The van der Waals surface area contributed by atoms with Gasteiger partial charge in [0.05, 0.1) is 11.0 Å². The second-order valence-corrected chi connectivity index (χ2v) is 15.0. The zero-order valence-electron chi connectivity index (χ0n) is 31.0. The summed E-state index contributed by atoms with van der Waals surface area (Å²) in [4.78, 5) is 5.07. The average Bonchev–Trinajstić information content (AvgIpc) is 3.68. The van der Waals surface area contributed by atoms with Gasteiger partial charge in [-0.1, -0.05) is 176 Å². The third kappa shape index (κ3) is 4.81. The lowest BCUT2D eigenvalue weighted by Gasteiger charge is -2.18. The second kappa shape index (κ2) is 12.5. The van der Waals surface area contributed by atoms with Crippen molar-refractivity contribution in [2.75, 3.05) is 0 Å². The molecule has 0 spiro atoms. The molecule has 57 heavy (non-hydrogen) atoms. The zero-order valence-corrected chi connectivity index (χ0v) is 31.0. The molecule has 0 unspecified atom stereocenters. The molecule has 0 aliphatic heterocycles. The van der Waals surface area contributed by atoms with Gasteiger partial charge < -0.3 is 0 Å². The summed E-state index contributed by atoms with van der Waals surface area (Å²) < 4.78 is 2.27. The van der Waals surface area contributed by atoms with E-state index in [0.29, 0.717) is 0 Å². The molecule has 0 amide bonds. The van der Waals surface area contributed by atoms with Crippen molar-refractivity contribution in [2.24, 2.45) is 0 Å². The molecule has 0 aliphatic rings. The normalized spacial score (nSPS) is 11.9. The molecule has 11 aromatic carbocycles. The smallest absolute Gasteiger partial charge is 0.145 e. The molecule has 0 N–H and O–H groups in total. The Hall–Kier alpha value is -7.55. The first kappa shape index (κ1) is 31.8. The van der Waals surface area contributed by atoms with Crippen molar-refractivity contribution in [3.8, 4) is 39.3 Å². The van der Waals surface area contributed by atoms with Gasteiger partial charge in [0.1, 0.15) is 5.82 Å². The van der Waals surface area contributed by atoms with E-state index in [1.54, 1.807) is 0 Å². The lowest BCUT2D eigenvalue weighted by Crippen LogP contribution is -1.97. The van der Waals surface area contributed by atoms with Gasteiger partial charge in [0.2, 0.25) is 0 Å². The first-order chi connectivity index (χ1) is 28.3. The fraction of sp³-hybridized carbons (Fsp3) is 0. The Balaban J connectivity index is 1.07. The largest absolute Gasteiger partial charge is 0.292 e. The molecule has 0 bridgehead atoms. The Labute approximate surface area is 329 Å². The summed E-state index contributed by atoms with van der Waals surface area (Å²) in [5, 5.41) is 15.3. The number of imidazole rings is 1. The van der Waals surface area contributed by atoms with Gasteiger partial charge in [-0.2, -0.15) is 0 Å². The van der Waals surface area contributed by atoms with E-state index in [1.807, 2.05) is 0 Å². The quantitative estimate of drug-likeness (QED) is 0.165. The van der Waals surface area contributed by atoms with Crippen molar-refractivity contribution >= 4 is 75.7 Å². The van der Waals surface area contributed by atoms with E-state index in [0.717, 1.165) is 28.1 Å². The molecule has 2 nitrogen and oxygen atoms in total. The van der Waals surface area contributed by atoms with Crippen LogP contribution in [-0.4, -0.2) is 9.55 Å². The Morgan fingerprint density at radius 1 is 0.316 bits per heavy atom. The van der Waals surface area contributed by atoms with Crippen LogP contribution < -0.4 is 0 Å². The van der Waals surface area contributed by atoms with Crippen LogP contribution >= 0.6 is 0 Å². The summed E-state index contributed by atoms with van der Waals surface area (Å²) in [6.45, 7) is 0. The Morgan fingerprint density at radius 3 is 1.56 bits per heavy atom. The molecular weight excluding hydrogens is 689 g/mol. The first-order valence-corrected chi connectivity index (χ1v) is 19.6.